The summed E-state index contributed by atoms with van der Waals surface area (Å²) in [5.41, 5.74) is 10.6. The molecule has 0 aliphatic rings. The first-order valence-electron chi connectivity index (χ1n) is 9.41. The number of hydrogen-bond acceptors (Lipinski definition) is 7. The van der Waals surface area contributed by atoms with E-state index in [2.05, 4.69) is 20.2 Å². The molecule has 0 saturated heterocycles. The van der Waals surface area contributed by atoms with E-state index in [1.807, 2.05) is 0 Å². The largest absolute Gasteiger partial charge is 0.495 e. The Morgan fingerprint density at radius 2 is 1.94 bits per heavy atom. The number of rotatable bonds is 10. The number of pyridine rings is 1. The molecule has 1 aromatic carbocycles. The number of aryl methyl sites for hydroxylation is 2. The number of carbonyl (C=O) groups is 1. The number of anilines is 1. The van der Waals surface area contributed by atoms with Crippen LogP contribution in [0.2, 0.25) is 0 Å². The molecular formula is C19H26N6O6S. The molecule has 2 aromatic rings. The van der Waals surface area contributed by atoms with Crippen LogP contribution in [0.25, 0.3) is 0 Å². The van der Waals surface area contributed by atoms with E-state index in [-0.39, 0.29) is 47.4 Å². The summed E-state index contributed by atoms with van der Waals surface area (Å²) in [7, 11) is -2.85. The molecule has 2 rings (SSSR count). The monoisotopic (exact) mass is 466 g/mol. The van der Waals surface area contributed by atoms with Gasteiger partial charge in [-0.1, -0.05) is 6.07 Å². The molecular weight excluding hydrogens is 440 g/mol. The van der Waals surface area contributed by atoms with Crippen molar-refractivity contribution in [2.24, 2.45) is 16.6 Å². The van der Waals surface area contributed by atoms with E-state index < -0.39 is 21.5 Å². The van der Waals surface area contributed by atoms with Crippen LogP contribution >= 0.6 is 0 Å². The molecule has 0 aliphatic heterocycles. The van der Waals surface area contributed by atoms with Crippen molar-refractivity contribution in [3.05, 3.63) is 51.4 Å². The molecule has 12 nitrogen and oxygen atoms in total. The number of methoxy groups -OCH3 is 1. The third kappa shape index (κ3) is 6.63. The van der Waals surface area contributed by atoms with Gasteiger partial charge in [0.1, 0.15) is 22.9 Å². The lowest BCUT2D eigenvalue weighted by Crippen LogP contribution is -2.30. The van der Waals surface area contributed by atoms with E-state index in [0.717, 1.165) is 0 Å². The summed E-state index contributed by atoms with van der Waals surface area (Å²) in [6, 6.07) is 6.15. The third-order valence-corrected chi connectivity index (χ3v) is 5.50. The SMILES string of the molecule is COc1ccc(C)cc1S(=O)(=O)Nc1c(CC(=O)NCCON=C(N)N)cc(C)[nH]c1=O. The molecule has 0 aliphatic carbocycles. The predicted octanol–water partition coefficient (Wildman–Crippen LogP) is -0.335. The Balaban J connectivity index is 2.26. The highest BCUT2D eigenvalue weighted by Crippen LogP contribution is 2.27. The molecule has 0 radical (unpaired) electrons. The van der Waals surface area contributed by atoms with E-state index in [1.165, 1.54) is 25.3 Å². The van der Waals surface area contributed by atoms with Gasteiger partial charge in [0.15, 0.2) is 0 Å². The number of amides is 1. The number of carbonyl (C=O) groups excluding carboxylic acids is 1. The maximum atomic E-state index is 13.0. The average Bonchev–Trinajstić information content (AvgIpc) is 2.70. The van der Waals surface area contributed by atoms with Crippen molar-refractivity contribution in [2.45, 2.75) is 25.2 Å². The van der Waals surface area contributed by atoms with Crippen molar-refractivity contribution in [3.8, 4) is 5.75 Å². The first kappa shape index (κ1) is 24.5. The Morgan fingerprint density at radius 1 is 1.22 bits per heavy atom. The highest BCUT2D eigenvalue weighted by Gasteiger charge is 2.23. The number of aromatic nitrogens is 1. The van der Waals surface area contributed by atoms with Crippen LogP contribution in [-0.4, -0.2) is 45.5 Å². The molecule has 7 N–H and O–H groups in total. The molecule has 1 heterocycles. The fourth-order valence-corrected chi connectivity index (χ4v) is 4.14. The van der Waals surface area contributed by atoms with Gasteiger partial charge in [-0.15, -0.1) is 0 Å². The number of benzene rings is 1. The lowest BCUT2D eigenvalue weighted by atomic mass is 10.1. The van der Waals surface area contributed by atoms with Crippen LogP contribution in [0.1, 0.15) is 16.8 Å². The van der Waals surface area contributed by atoms with Crippen LogP contribution in [0, 0.1) is 13.8 Å². The smallest absolute Gasteiger partial charge is 0.272 e. The van der Waals surface area contributed by atoms with Gasteiger partial charge in [-0.2, -0.15) is 0 Å². The van der Waals surface area contributed by atoms with Gasteiger partial charge in [0.2, 0.25) is 11.9 Å². The summed E-state index contributed by atoms with van der Waals surface area (Å²) < 4.78 is 33.5. The van der Waals surface area contributed by atoms with Crippen LogP contribution in [-0.2, 0) is 26.1 Å². The first-order chi connectivity index (χ1) is 15.0. The van der Waals surface area contributed by atoms with Crippen LogP contribution in [0.5, 0.6) is 5.75 Å². The number of oxime groups is 1. The molecule has 174 valence electrons. The van der Waals surface area contributed by atoms with Gasteiger partial charge >= 0.3 is 0 Å². The lowest BCUT2D eigenvalue weighted by Gasteiger charge is -2.15. The van der Waals surface area contributed by atoms with Crippen molar-refractivity contribution >= 4 is 27.6 Å². The molecule has 0 saturated carbocycles. The molecule has 0 fully saturated rings. The zero-order valence-electron chi connectivity index (χ0n) is 17.9. The maximum absolute atomic E-state index is 13.0. The minimum atomic E-state index is -4.19. The van der Waals surface area contributed by atoms with Crippen LogP contribution < -0.4 is 31.8 Å². The Kier molecular flexibility index (Phi) is 8.07. The highest BCUT2D eigenvalue weighted by atomic mass is 32.2. The highest BCUT2D eigenvalue weighted by molar-refractivity contribution is 7.92. The van der Waals surface area contributed by atoms with Crippen molar-refractivity contribution < 1.29 is 22.8 Å². The number of sulfonamides is 1. The molecule has 32 heavy (non-hydrogen) atoms. The third-order valence-electron chi connectivity index (χ3n) is 4.13. The van der Waals surface area contributed by atoms with E-state index >= 15 is 0 Å². The minimum absolute atomic E-state index is 0.0185. The quantitative estimate of drug-likeness (QED) is 0.136. The summed E-state index contributed by atoms with van der Waals surface area (Å²) >= 11 is 0. The standard InChI is InChI=1S/C19H26N6O6S/c1-11-4-5-14(30-3)15(8-11)32(28,29)25-17-13(9-12(2)23-18(17)27)10-16(26)22-6-7-31-24-19(20)21/h4-5,8-9,25H,6-7,10H2,1-3H3,(H,22,26)(H,23,27)(H4,20,21,24). The first-order valence-corrected chi connectivity index (χ1v) is 10.9. The summed E-state index contributed by atoms with van der Waals surface area (Å²) in [5.74, 6) is -0.596. The summed E-state index contributed by atoms with van der Waals surface area (Å²) in [6.45, 7) is 3.46. The van der Waals surface area contributed by atoms with E-state index in [1.54, 1.807) is 19.9 Å². The molecule has 0 bridgehead atoms. The number of hydrogen-bond donors (Lipinski definition) is 5. The number of aromatic amines is 1. The van der Waals surface area contributed by atoms with Crippen LogP contribution in [0.4, 0.5) is 5.69 Å². The van der Waals surface area contributed by atoms with Gasteiger partial charge in [-0.3, -0.25) is 14.3 Å². The van der Waals surface area contributed by atoms with Gasteiger partial charge in [0, 0.05) is 5.69 Å². The van der Waals surface area contributed by atoms with E-state index in [0.29, 0.717) is 11.3 Å². The van der Waals surface area contributed by atoms with Gasteiger partial charge < -0.3 is 31.3 Å². The molecule has 0 atom stereocenters. The molecule has 13 heteroatoms. The Labute approximate surface area is 185 Å². The molecule has 0 spiro atoms. The zero-order chi connectivity index (χ0) is 23.9. The van der Waals surface area contributed by atoms with Gasteiger partial charge in [-0.25, -0.2) is 8.42 Å². The second-order valence-electron chi connectivity index (χ2n) is 6.82. The second-order valence-corrected chi connectivity index (χ2v) is 8.47. The summed E-state index contributed by atoms with van der Waals surface area (Å²) in [5, 5.41) is 5.89. The zero-order valence-corrected chi connectivity index (χ0v) is 18.7. The van der Waals surface area contributed by atoms with Crippen molar-refractivity contribution in [2.75, 3.05) is 25.0 Å². The van der Waals surface area contributed by atoms with Crippen LogP contribution in [0.15, 0.2) is 39.1 Å². The van der Waals surface area contributed by atoms with Crippen molar-refractivity contribution in [1.82, 2.24) is 10.3 Å². The molecule has 1 amide bonds. The van der Waals surface area contributed by atoms with E-state index in [4.69, 9.17) is 21.0 Å². The Morgan fingerprint density at radius 3 is 2.59 bits per heavy atom. The number of nitrogens with two attached hydrogens (primary N) is 2. The van der Waals surface area contributed by atoms with Gasteiger partial charge in [0.05, 0.1) is 20.1 Å². The molecule has 1 aromatic heterocycles. The lowest BCUT2D eigenvalue weighted by molar-refractivity contribution is -0.120. The molecule has 0 unspecified atom stereocenters. The second kappa shape index (κ2) is 10.5. The predicted molar refractivity (Wildman–Crippen MR) is 119 cm³/mol. The maximum Gasteiger partial charge on any atom is 0.272 e. The normalized spacial score (nSPS) is 10.8. The fraction of sp³-hybridized carbons (Fsp3) is 0.316. The minimum Gasteiger partial charge on any atom is -0.495 e. The van der Waals surface area contributed by atoms with Crippen molar-refractivity contribution in [1.29, 1.82) is 0 Å². The number of nitrogens with one attached hydrogen (secondary N) is 3. The Hall–Kier alpha value is -3.74. The van der Waals surface area contributed by atoms with Crippen molar-refractivity contribution in [3.63, 3.8) is 0 Å². The summed E-state index contributed by atoms with van der Waals surface area (Å²) in [4.78, 5) is 32.0. The number of guanidine groups is 1. The average molecular weight is 467 g/mol. The van der Waals surface area contributed by atoms with Crippen LogP contribution in [0.3, 0.4) is 0 Å². The van der Waals surface area contributed by atoms with E-state index in [9.17, 15) is 18.0 Å². The van der Waals surface area contributed by atoms with Gasteiger partial charge in [-0.05, 0) is 48.3 Å². The summed E-state index contributed by atoms with van der Waals surface area (Å²) in [6.07, 6.45) is -0.254. The topological polar surface area (TPSA) is 191 Å². The number of nitrogens with zero attached hydrogens (tertiary/aromatic N) is 1. The Bertz CT molecular complexity index is 1170. The number of ether oxygens (including phenoxy) is 1. The number of H-pyrrole nitrogens is 1. The fourth-order valence-electron chi connectivity index (χ4n) is 2.78. The van der Waals surface area contributed by atoms with Gasteiger partial charge in [0.25, 0.3) is 15.6 Å².